The number of carbonyl (C=O) groups excluding carboxylic acids is 1. The Labute approximate surface area is 182 Å². The number of amides is 1. The zero-order valence-electron chi connectivity index (χ0n) is 18.8. The fourth-order valence-electron chi connectivity index (χ4n) is 4.90. The number of sulfonamides is 1. The van der Waals surface area contributed by atoms with Crippen molar-refractivity contribution >= 4 is 15.9 Å². The molecule has 168 valence electrons. The number of nitrogens with one attached hydrogen (secondary N) is 1. The van der Waals surface area contributed by atoms with Gasteiger partial charge in [-0.3, -0.25) is 4.79 Å². The Bertz CT molecular complexity index is 791. The smallest absolute Gasteiger partial charge is 0.223 e. The third-order valence-corrected chi connectivity index (χ3v) is 9.35. The molecule has 0 atom stereocenters. The molecule has 2 fully saturated rings. The Hall–Kier alpha value is -1.40. The van der Waals surface area contributed by atoms with Crippen molar-refractivity contribution in [3.63, 3.8) is 0 Å². The summed E-state index contributed by atoms with van der Waals surface area (Å²) in [5.41, 5.74) is 1.19. The molecule has 1 aromatic carbocycles. The van der Waals surface area contributed by atoms with Crippen LogP contribution in [0, 0.1) is 17.3 Å². The van der Waals surface area contributed by atoms with Gasteiger partial charge in [-0.2, -0.15) is 0 Å². The first-order chi connectivity index (χ1) is 14.2. The second kappa shape index (κ2) is 9.82. The summed E-state index contributed by atoms with van der Waals surface area (Å²) in [5.74, 6) is 0.821. The average Bonchev–Trinajstić information content (AvgIpc) is 2.74. The summed E-state index contributed by atoms with van der Waals surface area (Å²) in [4.78, 5) is 12.8. The van der Waals surface area contributed by atoms with E-state index in [9.17, 15) is 13.2 Å². The Balaban J connectivity index is 1.44. The lowest BCUT2D eigenvalue weighted by Crippen LogP contribution is -2.46. The van der Waals surface area contributed by atoms with Gasteiger partial charge in [-0.1, -0.05) is 57.5 Å². The fraction of sp³-hybridized carbons (Fsp3) is 0.708. The lowest BCUT2D eigenvalue weighted by Gasteiger charge is -2.39. The van der Waals surface area contributed by atoms with Crippen LogP contribution in [0.5, 0.6) is 0 Å². The van der Waals surface area contributed by atoms with Gasteiger partial charge >= 0.3 is 0 Å². The second-order valence-electron chi connectivity index (χ2n) is 9.81. The molecule has 0 spiro atoms. The molecular weight excluding hydrogens is 396 g/mol. The van der Waals surface area contributed by atoms with Crippen LogP contribution in [-0.2, 0) is 20.6 Å². The van der Waals surface area contributed by atoms with Gasteiger partial charge in [-0.05, 0) is 55.4 Å². The Morgan fingerprint density at radius 2 is 1.63 bits per heavy atom. The fourth-order valence-corrected chi connectivity index (χ4v) is 6.46. The van der Waals surface area contributed by atoms with Crippen LogP contribution in [0.4, 0.5) is 0 Å². The van der Waals surface area contributed by atoms with Crippen LogP contribution in [0.25, 0.3) is 0 Å². The highest BCUT2D eigenvalue weighted by molar-refractivity contribution is 7.88. The minimum atomic E-state index is -3.33. The number of benzene rings is 1. The van der Waals surface area contributed by atoms with Gasteiger partial charge < -0.3 is 5.32 Å². The summed E-state index contributed by atoms with van der Waals surface area (Å²) in [6.45, 7) is 7.85. The molecule has 5 nitrogen and oxygen atoms in total. The van der Waals surface area contributed by atoms with E-state index in [1.165, 1.54) is 19.3 Å². The van der Waals surface area contributed by atoms with E-state index in [0.717, 1.165) is 24.3 Å². The molecular formula is C24H38N2O3S. The first-order valence-electron chi connectivity index (χ1n) is 11.5. The molecule has 3 rings (SSSR count). The highest BCUT2D eigenvalue weighted by Crippen LogP contribution is 2.40. The lowest BCUT2D eigenvalue weighted by molar-refractivity contribution is -0.127. The highest BCUT2D eigenvalue weighted by atomic mass is 32.2. The molecule has 1 amide bonds. The Morgan fingerprint density at radius 1 is 1.03 bits per heavy atom. The number of carbonyl (C=O) groups is 1. The van der Waals surface area contributed by atoms with E-state index in [1.54, 1.807) is 4.31 Å². The van der Waals surface area contributed by atoms with Crippen LogP contribution in [0.3, 0.4) is 0 Å². The molecule has 0 unspecified atom stereocenters. The summed E-state index contributed by atoms with van der Waals surface area (Å²) in [5, 5.41) is 3.27. The SMILES string of the molecule is CCC(C)(C)C1CCC(NC(=O)C2CCN(S(=O)(=O)Cc3ccccc3)CC2)CC1. The number of nitrogens with zero attached hydrogens (tertiary/aromatic N) is 1. The maximum absolute atomic E-state index is 12.8. The normalized spacial score (nSPS) is 24.5. The third-order valence-electron chi connectivity index (χ3n) is 7.50. The maximum Gasteiger partial charge on any atom is 0.223 e. The number of rotatable bonds is 7. The number of hydrogen-bond donors (Lipinski definition) is 1. The minimum Gasteiger partial charge on any atom is -0.353 e. The van der Waals surface area contributed by atoms with Crippen molar-refractivity contribution in [3.05, 3.63) is 35.9 Å². The van der Waals surface area contributed by atoms with Crippen molar-refractivity contribution in [2.24, 2.45) is 17.3 Å². The molecule has 1 saturated carbocycles. The molecule has 1 N–H and O–H groups in total. The number of hydrogen-bond acceptors (Lipinski definition) is 3. The maximum atomic E-state index is 12.8. The van der Waals surface area contributed by atoms with Gasteiger partial charge in [0.15, 0.2) is 0 Å². The predicted molar refractivity (Wildman–Crippen MR) is 121 cm³/mol. The minimum absolute atomic E-state index is 0.0298. The second-order valence-corrected chi connectivity index (χ2v) is 11.8. The predicted octanol–water partition coefficient (Wildman–Crippen LogP) is 4.34. The monoisotopic (exact) mass is 434 g/mol. The van der Waals surface area contributed by atoms with E-state index in [1.807, 2.05) is 30.3 Å². The molecule has 0 aromatic heterocycles. The first-order valence-corrected chi connectivity index (χ1v) is 13.1. The summed E-state index contributed by atoms with van der Waals surface area (Å²) in [7, 11) is -3.33. The van der Waals surface area contributed by atoms with Crippen molar-refractivity contribution < 1.29 is 13.2 Å². The van der Waals surface area contributed by atoms with Crippen molar-refractivity contribution in [2.75, 3.05) is 13.1 Å². The first kappa shape index (κ1) is 23.3. The molecule has 1 aliphatic heterocycles. The van der Waals surface area contributed by atoms with Gasteiger partial charge in [-0.15, -0.1) is 0 Å². The van der Waals surface area contributed by atoms with Gasteiger partial charge in [0.1, 0.15) is 0 Å². The molecule has 6 heteroatoms. The molecule has 2 aliphatic rings. The summed E-state index contributed by atoms with van der Waals surface area (Å²) >= 11 is 0. The number of piperidine rings is 1. The van der Waals surface area contributed by atoms with Gasteiger partial charge in [0.2, 0.25) is 15.9 Å². The van der Waals surface area contributed by atoms with E-state index in [0.29, 0.717) is 31.3 Å². The van der Waals surface area contributed by atoms with Crippen LogP contribution in [0.1, 0.15) is 71.3 Å². The van der Waals surface area contributed by atoms with Crippen LogP contribution in [-0.4, -0.2) is 37.8 Å². The topological polar surface area (TPSA) is 66.5 Å². The van der Waals surface area contributed by atoms with E-state index in [-0.39, 0.29) is 23.6 Å². The van der Waals surface area contributed by atoms with Crippen molar-refractivity contribution in [1.29, 1.82) is 0 Å². The zero-order chi connectivity index (χ0) is 21.8. The Morgan fingerprint density at radius 3 is 2.20 bits per heavy atom. The van der Waals surface area contributed by atoms with Crippen LogP contribution in [0.15, 0.2) is 30.3 Å². The highest BCUT2D eigenvalue weighted by Gasteiger charge is 2.34. The van der Waals surface area contributed by atoms with E-state index >= 15 is 0 Å². The van der Waals surface area contributed by atoms with E-state index in [2.05, 4.69) is 26.1 Å². The van der Waals surface area contributed by atoms with Crippen LogP contribution in [0.2, 0.25) is 0 Å². The summed E-state index contributed by atoms with van der Waals surface area (Å²) in [6, 6.07) is 9.57. The molecule has 1 heterocycles. The van der Waals surface area contributed by atoms with Crippen molar-refractivity contribution in [1.82, 2.24) is 9.62 Å². The van der Waals surface area contributed by atoms with Gasteiger partial charge in [0.05, 0.1) is 5.75 Å². The van der Waals surface area contributed by atoms with Gasteiger partial charge in [-0.25, -0.2) is 12.7 Å². The van der Waals surface area contributed by atoms with Gasteiger partial charge in [0.25, 0.3) is 0 Å². The van der Waals surface area contributed by atoms with Crippen LogP contribution < -0.4 is 5.32 Å². The van der Waals surface area contributed by atoms with Crippen molar-refractivity contribution in [2.45, 2.75) is 77.5 Å². The average molecular weight is 435 g/mol. The molecule has 0 bridgehead atoms. The molecule has 0 radical (unpaired) electrons. The van der Waals surface area contributed by atoms with Crippen molar-refractivity contribution in [3.8, 4) is 0 Å². The van der Waals surface area contributed by atoms with E-state index < -0.39 is 10.0 Å². The van der Waals surface area contributed by atoms with Crippen LogP contribution >= 0.6 is 0 Å². The lowest BCUT2D eigenvalue weighted by atomic mass is 9.69. The molecule has 1 aromatic rings. The summed E-state index contributed by atoms with van der Waals surface area (Å²) < 4.78 is 27.0. The quantitative estimate of drug-likeness (QED) is 0.694. The summed E-state index contributed by atoms with van der Waals surface area (Å²) in [6.07, 6.45) is 6.90. The van der Waals surface area contributed by atoms with Gasteiger partial charge in [0, 0.05) is 25.0 Å². The zero-order valence-corrected chi connectivity index (χ0v) is 19.6. The third kappa shape index (κ3) is 5.85. The molecule has 1 saturated heterocycles. The van der Waals surface area contributed by atoms with E-state index in [4.69, 9.17) is 0 Å². The standard InChI is InChI=1S/C24H38N2O3S/c1-4-24(2,3)21-10-12-22(13-11-21)25-23(27)20-14-16-26(17-15-20)30(28,29)18-19-8-6-5-7-9-19/h5-9,20-22H,4,10-18H2,1-3H3,(H,25,27). The Kier molecular flexibility index (Phi) is 7.61. The molecule has 1 aliphatic carbocycles. The largest absolute Gasteiger partial charge is 0.353 e. The molecule has 30 heavy (non-hydrogen) atoms.